The molecule has 0 unspecified atom stereocenters. The number of sulfonamides is 1. The predicted octanol–water partition coefficient (Wildman–Crippen LogP) is 2.63. The van der Waals surface area contributed by atoms with Crippen LogP contribution in [0.5, 0.6) is 0 Å². The Kier molecular flexibility index (Phi) is 5.60. The fourth-order valence-corrected chi connectivity index (χ4v) is 4.10. The second-order valence-corrected chi connectivity index (χ2v) is 7.43. The van der Waals surface area contributed by atoms with Crippen LogP contribution in [0.15, 0.2) is 23.1 Å². The average molecular weight is 335 g/mol. The van der Waals surface area contributed by atoms with Gasteiger partial charge in [-0.1, -0.05) is 18.5 Å². The second-order valence-electron chi connectivity index (χ2n) is 5.31. The number of nitrogens with one attached hydrogen (secondary N) is 1. The maximum Gasteiger partial charge on any atom is 0.240 e. The maximum absolute atomic E-state index is 13.1. The second kappa shape index (κ2) is 7.05. The summed E-state index contributed by atoms with van der Waals surface area (Å²) >= 11 is 5.64. The van der Waals surface area contributed by atoms with Gasteiger partial charge in [0.25, 0.3) is 0 Å². The largest absolute Gasteiger partial charge is 0.303 e. The first-order valence-corrected chi connectivity index (χ1v) is 8.98. The minimum atomic E-state index is -3.65. The minimum Gasteiger partial charge on any atom is -0.303 e. The Balaban J connectivity index is 2.00. The zero-order valence-corrected chi connectivity index (χ0v) is 13.6. The molecule has 1 aliphatic heterocycles. The Morgan fingerprint density at radius 2 is 2.05 bits per heavy atom. The van der Waals surface area contributed by atoms with E-state index in [0.29, 0.717) is 0 Å². The summed E-state index contributed by atoms with van der Waals surface area (Å²) in [6.07, 6.45) is 2.67. The highest BCUT2D eigenvalue weighted by Crippen LogP contribution is 2.20. The molecular weight excluding hydrogens is 315 g/mol. The number of halogens is 2. The summed E-state index contributed by atoms with van der Waals surface area (Å²) in [7, 11) is -3.65. The van der Waals surface area contributed by atoms with Crippen molar-refractivity contribution in [3.63, 3.8) is 0 Å². The van der Waals surface area contributed by atoms with Crippen molar-refractivity contribution in [3.05, 3.63) is 29.0 Å². The van der Waals surface area contributed by atoms with Crippen molar-refractivity contribution < 1.29 is 12.8 Å². The van der Waals surface area contributed by atoms with E-state index in [4.69, 9.17) is 11.6 Å². The summed E-state index contributed by atoms with van der Waals surface area (Å²) in [5, 5.41) is -0.185. The lowest BCUT2D eigenvalue weighted by Crippen LogP contribution is -2.44. The highest BCUT2D eigenvalue weighted by atomic mass is 35.5. The Morgan fingerprint density at radius 3 is 2.62 bits per heavy atom. The van der Waals surface area contributed by atoms with E-state index >= 15 is 0 Å². The fourth-order valence-electron chi connectivity index (χ4n) is 2.52. The monoisotopic (exact) mass is 334 g/mol. The third kappa shape index (κ3) is 4.39. The zero-order chi connectivity index (χ0) is 15.5. The molecule has 1 fully saturated rings. The smallest absolute Gasteiger partial charge is 0.240 e. The molecule has 1 aliphatic rings. The van der Waals surface area contributed by atoms with Crippen LogP contribution in [-0.2, 0) is 10.0 Å². The normalized spacial score (nSPS) is 18.0. The van der Waals surface area contributed by atoms with Gasteiger partial charge in [-0.25, -0.2) is 17.5 Å². The van der Waals surface area contributed by atoms with Crippen molar-refractivity contribution in [2.45, 2.75) is 37.1 Å². The van der Waals surface area contributed by atoms with E-state index in [2.05, 4.69) is 16.5 Å². The van der Waals surface area contributed by atoms with E-state index in [1.54, 1.807) is 0 Å². The molecule has 0 saturated carbocycles. The summed E-state index contributed by atoms with van der Waals surface area (Å²) in [4.78, 5) is 2.34. The lowest BCUT2D eigenvalue weighted by Gasteiger charge is -2.31. The topological polar surface area (TPSA) is 49.4 Å². The molecule has 1 aromatic rings. The molecule has 1 aromatic carbocycles. The van der Waals surface area contributed by atoms with Gasteiger partial charge in [-0.2, -0.15) is 0 Å². The van der Waals surface area contributed by atoms with Crippen LogP contribution in [-0.4, -0.2) is 39.0 Å². The van der Waals surface area contributed by atoms with Crippen molar-refractivity contribution in [2.75, 3.05) is 19.6 Å². The Hall–Kier alpha value is -0.690. The van der Waals surface area contributed by atoms with Crippen molar-refractivity contribution in [3.8, 4) is 0 Å². The molecule has 0 spiro atoms. The van der Waals surface area contributed by atoms with E-state index in [9.17, 15) is 12.8 Å². The lowest BCUT2D eigenvalue weighted by molar-refractivity contribution is 0.208. The van der Waals surface area contributed by atoms with E-state index in [0.717, 1.165) is 51.0 Å². The van der Waals surface area contributed by atoms with Gasteiger partial charge in [-0.3, -0.25) is 0 Å². The highest BCUT2D eigenvalue weighted by Gasteiger charge is 2.24. The van der Waals surface area contributed by atoms with Gasteiger partial charge in [0.15, 0.2) is 0 Å². The van der Waals surface area contributed by atoms with Gasteiger partial charge in [0.1, 0.15) is 5.82 Å². The minimum absolute atomic E-state index is 0.00453. The van der Waals surface area contributed by atoms with Gasteiger partial charge in [0, 0.05) is 6.04 Å². The molecule has 0 radical (unpaired) electrons. The van der Waals surface area contributed by atoms with Gasteiger partial charge >= 0.3 is 0 Å². The fraction of sp³-hybridized carbons (Fsp3) is 0.571. The molecule has 0 bridgehead atoms. The summed E-state index contributed by atoms with van der Waals surface area (Å²) in [5.74, 6) is -0.622. The van der Waals surface area contributed by atoms with Crippen LogP contribution in [0.25, 0.3) is 0 Å². The first-order chi connectivity index (χ1) is 9.92. The average Bonchev–Trinajstić information content (AvgIpc) is 2.44. The molecule has 4 nitrogen and oxygen atoms in total. The summed E-state index contributed by atoms with van der Waals surface area (Å²) < 4.78 is 40.3. The van der Waals surface area contributed by atoms with E-state index < -0.39 is 15.8 Å². The SMILES string of the molecule is CCCN1CCC(NS(=O)(=O)c2ccc(F)c(Cl)c2)CC1. The van der Waals surface area contributed by atoms with Crippen LogP contribution in [0.4, 0.5) is 4.39 Å². The van der Waals surface area contributed by atoms with Crippen molar-refractivity contribution in [2.24, 2.45) is 0 Å². The Morgan fingerprint density at radius 1 is 1.38 bits per heavy atom. The molecule has 0 atom stereocenters. The number of nitrogens with zero attached hydrogens (tertiary/aromatic N) is 1. The van der Waals surface area contributed by atoms with Gasteiger partial charge in [0.2, 0.25) is 10.0 Å². The van der Waals surface area contributed by atoms with Crippen LogP contribution in [0, 0.1) is 5.82 Å². The third-order valence-electron chi connectivity index (χ3n) is 3.65. The molecule has 1 heterocycles. The van der Waals surface area contributed by atoms with Crippen LogP contribution in [0.1, 0.15) is 26.2 Å². The van der Waals surface area contributed by atoms with Crippen LogP contribution in [0.3, 0.4) is 0 Å². The number of likely N-dealkylation sites (tertiary alicyclic amines) is 1. The zero-order valence-electron chi connectivity index (χ0n) is 12.0. The van der Waals surface area contributed by atoms with E-state index in [1.807, 2.05) is 0 Å². The molecule has 7 heteroatoms. The summed E-state index contributed by atoms with van der Waals surface area (Å²) in [5.41, 5.74) is 0. The van der Waals surface area contributed by atoms with Gasteiger partial charge in [0.05, 0.1) is 9.92 Å². The lowest BCUT2D eigenvalue weighted by atomic mass is 10.1. The van der Waals surface area contributed by atoms with Crippen LogP contribution >= 0.6 is 11.6 Å². The van der Waals surface area contributed by atoms with Gasteiger partial charge < -0.3 is 4.90 Å². The molecule has 0 amide bonds. The predicted molar refractivity (Wildman–Crippen MR) is 81.5 cm³/mol. The van der Waals surface area contributed by atoms with Crippen LogP contribution in [0.2, 0.25) is 5.02 Å². The standard InChI is InChI=1S/C14H20ClFN2O2S/c1-2-7-18-8-5-11(6-9-18)17-21(19,20)12-3-4-14(16)13(15)10-12/h3-4,10-11,17H,2,5-9H2,1H3. The van der Waals surface area contributed by atoms with Gasteiger partial charge in [-0.15, -0.1) is 0 Å². The number of hydrogen-bond donors (Lipinski definition) is 1. The van der Waals surface area contributed by atoms with Crippen molar-refractivity contribution in [1.82, 2.24) is 9.62 Å². The van der Waals surface area contributed by atoms with E-state index in [1.165, 1.54) is 6.07 Å². The van der Waals surface area contributed by atoms with E-state index in [-0.39, 0.29) is 16.0 Å². The van der Waals surface area contributed by atoms with Crippen molar-refractivity contribution >= 4 is 21.6 Å². The molecule has 1 saturated heterocycles. The summed E-state index contributed by atoms with van der Waals surface area (Å²) in [6, 6.07) is 3.37. The first kappa shape index (κ1) is 16.7. The first-order valence-electron chi connectivity index (χ1n) is 7.12. The molecule has 1 N–H and O–H groups in total. The molecule has 118 valence electrons. The quantitative estimate of drug-likeness (QED) is 0.900. The number of rotatable bonds is 5. The highest BCUT2D eigenvalue weighted by molar-refractivity contribution is 7.89. The molecule has 2 rings (SSSR count). The van der Waals surface area contributed by atoms with Crippen molar-refractivity contribution in [1.29, 1.82) is 0 Å². The summed E-state index contributed by atoms with van der Waals surface area (Å²) in [6.45, 7) is 4.97. The van der Waals surface area contributed by atoms with Gasteiger partial charge in [-0.05, 0) is 57.1 Å². The Bertz CT molecular complexity index is 587. The maximum atomic E-state index is 13.1. The number of benzene rings is 1. The molecule has 0 aliphatic carbocycles. The van der Waals surface area contributed by atoms with Crippen LogP contribution < -0.4 is 4.72 Å². The molecular formula is C14H20ClFN2O2S. The Labute approximate surface area is 130 Å². The number of piperidine rings is 1. The molecule has 21 heavy (non-hydrogen) atoms. The molecule has 0 aromatic heterocycles. The third-order valence-corrected chi connectivity index (χ3v) is 5.46. The number of hydrogen-bond acceptors (Lipinski definition) is 3.